The van der Waals surface area contributed by atoms with Gasteiger partial charge in [-0.15, -0.1) is 0 Å². The molecule has 3 aromatic carbocycles. The maximum absolute atomic E-state index is 13.2. The monoisotopic (exact) mass is 668 g/mol. The molecular weight excluding hydrogens is 641 g/mol. The Morgan fingerprint density at radius 3 is 1.63 bits per heavy atom. The van der Waals surface area contributed by atoms with E-state index in [2.05, 4.69) is 4.18 Å². The largest absolute Gasteiger partial charge is 0.459 e. The lowest BCUT2D eigenvalue weighted by Crippen LogP contribution is -2.63. The maximum Gasteiger partial charge on any atom is 0.413 e. The Kier molecular flexibility index (Phi) is 11.5. The average molecular weight is 669 g/mol. The van der Waals surface area contributed by atoms with Crippen molar-refractivity contribution in [1.82, 2.24) is 0 Å². The number of halogens is 3. The zero-order valence-corrected chi connectivity index (χ0v) is 24.7. The van der Waals surface area contributed by atoms with Crippen molar-refractivity contribution in [2.45, 2.75) is 36.9 Å². The van der Waals surface area contributed by atoms with Crippen LogP contribution in [-0.2, 0) is 42.4 Å². The van der Waals surface area contributed by atoms with Crippen molar-refractivity contribution in [1.29, 1.82) is 0 Å². The Bertz CT molecular complexity index is 1570. The second-order valence-corrected chi connectivity index (χ2v) is 10.8. The molecule has 46 heavy (non-hydrogen) atoms. The molecule has 12 nitrogen and oxygen atoms in total. The highest BCUT2D eigenvalue weighted by Gasteiger charge is 2.54. The lowest BCUT2D eigenvalue weighted by molar-refractivity contribution is -0.288. The fourth-order valence-electron chi connectivity index (χ4n) is 4.23. The Hall–Kier alpha value is -4.35. The van der Waals surface area contributed by atoms with Gasteiger partial charge in [-0.25, -0.2) is 22.7 Å². The molecule has 0 N–H and O–H groups in total. The van der Waals surface area contributed by atoms with Crippen LogP contribution in [0.2, 0.25) is 0 Å². The van der Waals surface area contributed by atoms with Crippen molar-refractivity contribution >= 4 is 28.3 Å². The van der Waals surface area contributed by atoms with Crippen LogP contribution in [0.5, 0.6) is 0 Å². The predicted octanol–water partition coefficient (Wildman–Crippen LogP) is 3.87. The third-order valence-electron chi connectivity index (χ3n) is 6.31. The van der Waals surface area contributed by atoms with E-state index in [0.29, 0.717) is 0 Å². The summed E-state index contributed by atoms with van der Waals surface area (Å²) >= 11 is 0. The number of ether oxygens (including phenoxy) is 5. The van der Waals surface area contributed by atoms with Crippen LogP contribution in [0.1, 0.15) is 31.1 Å². The number of hydrogen-bond donors (Lipinski definition) is 0. The average Bonchev–Trinajstić information content (AvgIpc) is 3.05. The van der Waals surface area contributed by atoms with E-state index in [9.17, 15) is 36.0 Å². The molecule has 3 aromatic rings. The molecule has 1 saturated heterocycles. The van der Waals surface area contributed by atoms with E-state index in [4.69, 9.17) is 27.9 Å². The zero-order chi connectivity index (χ0) is 33.3. The summed E-state index contributed by atoms with van der Waals surface area (Å²) in [6.07, 6.45) is -14.2. The first-order valence-corrected chi connectivity index (χ1v) is 14.8. The van der Waals surface area contributed by atoms with Crippen molar-refractivity contribution in [2.24, 2.45) is 0 Å². The number of methoxy groups -OCH3 is 1. The minimum Gasteiger partial charge on any atom is -0.459 e. The molecule has 0 spiro atoms. The van der Waals surface area contributed by atoms with Gasteiger partial charge in [0, 0.05) is 7.11 Å². The van der Waals surface area contributed by atoms with Crippen LogP contribution in [-0.4, -0.2) is 83.5 Å². The van der Waals surface area contributed by atoms with Gasteiger partial charge in [0.05, 0.1) is 16.7 Å². The number of hydrogen-bond acceptors (Lipinski definition) is 12. The summed E-state index contributed by atoms with van der Waals surface area (Å²) in [5, 5.41) is 0. The first-order chi connectivity index (χ1) is 21.9. The van der Waals surface area contributed by atoms with Crippen molar-refractivity contribution in [3.05, 3.63) is 108 Å². The van der Waals surface area contributed by atoms with Gasteiger partial charge in [-0.2, -0.15) is 21.6 Å². The van der Waals surface area contributed by atoms with Crippen LogP contribution in [0, 0.1) is 0 Å². The lowest BCUT2D eigenvalue weighted by atomic mass is 9.98. The first kappa shape index (κ1) is 34.5. The molecule has 246 valence electrons. The van der Waals surface area contributed by atoms with Crippen LogP contribution in [0.4, 0.5) is 13.2 Å². The quantitative estimate of drug-likeness (QED) is 0.204. The highest BCUT2D eigenvalue weighted by molar-refractivity contribution is 7.81. The Balaban J connectivity index is 1.72. The summed E-state index contributed by atoms with van der Waals surface area (Å²) in [5.74, 6) is -2.94. The third kappa shape index (κ3) is 9.58. The van der Waals surface area contributed by atoms with Crippen LogP contribution in [0.25, 0.3) is 0 Å². The lowest BCUT2D eigenvalue weighted by Gasteiger charge is -2.43. The number of esters is 3. The number of carbonyl (C=O) groups is 3. The normalized spacial score (nSPS) is 21.6. The third-order valence-corrected chi connectivity index (χ3v) is 7.18. The van der Waals surface area contributed by atoms with Crippen LogP contribution >= 0.6 is 0 Å². The minimum atomic E-state index is -5.51. The number of rotatable bonds is 12. The van der Waals surface area contributed by atoms with Gasteiger partial charge in [-0.1, -0.05) is 54.6 Å². The van der Waals surface area contributed by atoms with Crippen LogP contribution < -0.4 is 0 Å². The predicted molar refractivity (Wildman–Crippen MR) is 149 cm³/mol. The fourth-order valence-corrected chi connectivity index (χ4v) is 5.07. The minimum absolute atomic E-state index is 0.0296. The molecule has 0 saturated carbocycles. The fraction of sp³-hybridized carbons (Fsp3) is 0.300. The highest BCUT2D eigenvalue weighted by atomic mass is 32.3. The summed E-state index contributed by atoms with van der Waals surface area (Å²) in [6.45, 7) is -3.04. The highest BCUT2D eigenvalue weighted by Crippen LogP contribution is 2.32. The topological polar surface area (TPSA) is 150 Å². The summed E-state index contributed by atoms with van der Waals surface area (Å²) in [6, 6.07) is 22.4. The van der Waals surface area contributed by atoms with E-state index in [1.807, 2.05) is 0 Å². The molecule has 1 heterocycles. The Labute approximate surface area is 261 Å². The summed E-state index contributed by atoms with van der Waals surface area (Å²) in [4.78, 5) is 39.0. The standard InChI is InChI=1S/C30H27F3O12S/c1-39-29-25(44-28(36)21-15-9-4-10-16-21)24(43-27(35)20-13-7-3-8-14-20)23(45-46(37,38)41-18-30(31,32)33)22(42-29)17-40-26(34)19-11-5-2-6-12-19/h2-16,22-25,29H,17-18H2,1H3/t22-,23-,24+,25-,29+/m1/s1. The second kappa shape index (κ2) is 15.3. The van der Waals surface area contributed by atoms with E-state index >= 15 is 0 Å². The van der Waals surface area contributed by atoms with Crippen molar-refractivity contribution < 1.29 is 68.0 Å². The van der Waals surface area contributed by atoms with E-state index in [0.717, 1.165) is 7.11 Å². The van der Waals surface area contributed by atoms with E-state index in [1.165, 1.54) is 60.7 Å². The smallest absolute Gasteiger partial charge is 0.413 e. The summed E-state index contributed by atoms with van der Waals surface area (Å²) < 4.78 is 100. The molecule has 0 radical (unpaired) electrons. The van der Waals surface area contributed by atoms with Crippen molar-refractivity contribution in [3.8, 4) is 0 Å². The number of carbonyl (C=O) groups excluding carboxylic acids is 3. The molecular formula is C30H27F3O12S. The molecule has 4 rings (SSSR count). The first-order valence-electron chi connectivity index (χ1n) is 13.4. The molecule has 1 aliphatic heterocycles. The molecule has 5 atom stereocenters. The van der Waals surface area contributed by atoms with E-state index in [1.54, 1.807) is 30.3 Å². The number of alkyl halides is 3. The second-order valence-electron chi connectivity index (χ2n) is 9.56. The van der Waals surface area contributed by atoms with Gasteiger partial charge >= 0.3 is 34.5 Å². The molecule has 0 bridgehead atoms. The van der Waals surface area contributed by atoms with Gasteiger partial charge in [0.15, 0.2) is 25.1 Å². The summed E-state index contributed by atoms with van der Waals surface area (Å²) in [7, 11) is -4.39. The van der Waals surface area contributed by atoms with Gasteiger partial charge in [0.2, 0.25) is 0 Å². The summed E-state index contributed by atoms with van der Waals surface area (Å²) in [5.41, 5.74) is 0.100. The molecule has 16 heteroatoms. The molecule has 0 aliphatic carbocycles. The maximum atomic E-state index is 13.2. The molecule has 0 unspecified atom stereocenters. The van der Waals surface area contributed by atoms with Gasteiger partial charge in [-0.3, -0.25) is 0 Å². The SMILES string of the molecule is CO[C@H]1O[C@H](COC(=O)c2ccccc2)[C@@H](OS(=O)(=O)OCC(F)(F)F)[C@H](OC(=O)c2ccccc2)[C@H]1OC(=O)c1ccccc1. The van der Waals surface area contributed by atoms with Gasteiger partial charge in [0.25, 0.3) is 0 Å². The van der Waals surface area contributed by atoms with Crippen molar-refractivity contribution in [3.63, 3.8) is 0 Å². The van der Waals surface area contributed by atoms with E-state index < -0.39 is 78.4 Å². The molecule has 0 aromatic heterocycles. The zero-order valence-electron chi connectivity index (χ0n) is 23.9. The molecule has 1 aliphatic rings. The Morgan fingerprint density at radius 1 is 0.717 bits per heavy atom. The van der Waals surface area contributed by atoms with Crippen LogP contribution in [0.3, 0.4) is 0 Å². The molecule has 0 amide bonds. The van der Waals surface area contributed by atoms with Crippen molar-refractivity contribution in [2.75, 3.05) is 20.3 Å². The van der Waals surface area contributed by atoms with E-state index in [-0.39, 0.29) is 16.7 Å². The Morgan fingerprint density at radius 2 is 1.17 bits per heavy atom. The van der Waals surface area contributed by atoms with Gasteiger partial charge in [0.1, 0.15) is 18.8 Å². The van der Waals surface area contributed by atoms with Gasteiger partial charge in [-0.05, 0) is 36.4 Å². The number of benzene rings is 3. The molecule has 1 fully saturated rings. The van der Waals surface area contributed by atoms with Crippen LogP contribution in [0.15, 0.2) is 91.0 Å². The van der Waals surface area contributed by atoms with Gasteiger partial charge < -0.3 is 23.7 Å².